The molecule has 0 bridgehead atoms. The van der Waals surface area contributed by atoms with Gasteiger partial charge < -0.3 is 4.74 Å². The van der Waals surface area contributed by atoms with Crippen LogP contribution in [0.2, 0.25) is 0 Å². The van der Waals surface area contributed by atoms with Crippen molar-refractivity contribution in [1.29, 1.82) is 0 Å². The summed E-state index contributed by atoms with van der Waals surface area (Å²) < 4.78 is 91.3. The van der Waals surface area contributed by atoms with Crippen LogP contribution in [0.1, 0.15) is 6.92 Å². The van der Waals surface area contributed by atoms with Crippen molar-refractivity contribution in [1.82, 2.24) is 0 Å². The number of nitrogens with one attached hydrogen (secondary N) is 1. The molecule has 0 saturated heterocycles. The minimum atomic E-state index is -5.05. The highest BCUT2D eigenvalue weighted by molar-refractivity contribution is 7.93. The fraction of sp³-hybridized carbons (Fsp3) is 0.200. The molecule has 2 aromatic rings. The van der Waals surface area contributed by atoms with Crippen LogP contribution in [-0.4, -0.2) is 29.0 Å². The van der Waals surface area contributed by atoms with Gasteiger partial charge in [-0.25, -0.2) is 16.8 Å². The lowest BCUT2D eigenvalue weighted by molar-refractivity contribution is -0.275. The average molecular weight is 409 g/mol. The Labute approximate surface area is 148 Å². The first-order valence-electron chi connectivity index (χ1n) is 7.15. The van der Waals surface area contributed by atoms with Crippen LogP contribution in [0.25, 0.3) is 0 Å². The summed E-state index contributed by atoms with van der Waals surface area (Å²) in [4.78, 5) is -0.702. The van der Waals surface area contributed by atoms with E-state index in [0.717, 1.165) is 12.1 Å². The molecule has 0 spiro atoms. The second-order valence-corrected chi connectivity index (χ2v) is 8.96. The SMILES string of the molecule is CCS(=O)(=O)c1ccc(NS(=O)(=O)c2ccccc2OC(F)(F)F)cc1. The molecule has 11 heteroatoms. The molecule has 142 valence electrons. The van der Waals surface area contributed by atoms with Crippen molar-refractivity contribution in [3.63, 3.8) is 0 Å². The number of hydrogen-bond acceptors (Lipinski definition) is 5. The van der Waals surface area contributed by atoms with E-state index in [1.165, 1.54) is 43.3 Å². The molecule has 0 atom stereocenters. The lowest BCUT2D eigenvalue weighted by atomic mass is 10.3. The molecule has 0 aromatic heterocycles. The largest absolute Gasteiger partial charge is 0.573 e. The van der Waals surface area contributed by atoms with Crippen LogP contribution in [-0.2, 0) is 19.9 Å². The Morgan fingerprint density at radius 2 is 1.54 bits per heavy atom. The summed E-state index contributed by atoms with van der Waals surface area (Å²) >= 11 is 0. The number of halogens is 3. The molecule has 2 rings (SSSR count). The number of hydrogen-bond donors (Lipinski definition) is 1. The second-order valence-electron chi connectivity index (χ2n) is 5.03. The van der Waals surface area contributed by atoms with Crippen molar-refractivity contribution >= 4 is 25.5 Å². The summed E-state index contributed by atoms with van der Waals surface area (Å²) in [5.74, 6) is -1.00. The molecule has 0 fully saturated rings. The van der Waals surface area contributed by atoms with E-state index in [2.05, 4.69) is 9.46 Å². The average Bonchev–Trinajstić information content (AvgIpc) is 2.54. The first-order valence-corrected chi connectivity index (χ1v) is 10.3. The molecule has 0 heterocycles. The van der Waals surface area contributed by atoms with Gasteiger partial charge in [0.15, 0.2) is 9.84 Å². The summed E-state index contributed by atoms with van der Waals surface area (Å²) in [5, 5.41) is 0. The van der Waals surface area contributed by atoms with Crippen LogP contribution in [0.3, 0.4) is 0 Å². The Hall–Kier alpha value is -2.27. The van der Waals surface area contributed by atoms with E-state index in [-0.39, 0.29) is 16.3 Å². The summed E-state index contributed by atoms with van der Waals surface area (Å²) in [6, 6.07) is 9.09. The van der Waals surface area contributed by atoms with Crippen LogP contribution >= 0.6 is 0 Å². The first kappa shape index (κ1) is 20.0. The van der Waals surface area contributed by atoms with Gasteiger partial charge in [0.25, 0.3) is 10.0 Å². The molecule has 0 radical (unpaired) electrons. The van der Waals surface area contributed by atoms with Gasteiger partial charge in [-0.2, -0.15) is 0 Å². The van der Waals surface area contributed by atoms with Crippen molar-refractivity contribution in [2.24, 2.45) is 0 Å². The van der Waals surface area contributed by atoms with Crippen molar-refractivity contribution in [3.8, 4) is 5.75 Å². The fourth-order valence-electron chi connectivity index (χ4n) is 1.99. The van der Waals surface area contributed by atoms with Gasteiger partial charge in [0.1, 0.15) is 10.6 Å². The Morgan fingerprint density at radius 1 is 0.962 bits per heavy atom. The van der Waals surface area contributed by atoms with Gasteiger partial charge in [-0.15, -0.1) is 13.2 Å². The van der Waals surface area contributed by atoms with Gasteiger partial charge in [0.2, 0.25) is 0 Å². The van der Waals surface area contributed by atoms with Gasteiger partial charge in [-0.05, 0) is 36.4 Å². The van der Waals surface area contributed by atoms with Gasteiger partial charge >= 0.3 is 6.36 Å². The second kappa shape index (κ2) is 7.16. The summed E-state index contributed by atoms with van der Waals surface area (Å²) in [6.45, 7) is 1.46. The van der Waals surface area contributed by atoms with E-state index in [1.54, 1.807) is 0 Å². The normalized spacial score (nSPS) is 12.6. The van der Waals surface area contributed by atoms with E-state index >= 15 is 0 Å². The highest BCUT2D eigenvalue weighted by atomic mass is 32.2. The molecule has 0 aliphatic heterocycles. The maximum Gasteiger partial charge on any atom is 0.573 e. The maximum absolute atomic E-state index is 12.4. The Bertz CT molecular complexity index is 985. The van der Waals surface area contributed by atoms with Gasteiger partial charge in [-0.1, -0.05) is 19.1 Å². The fourth-order valence-corrected chi connectivity index (χ4v) is 4.06. The molecular formula is C15H14F3NO5S2. The van der Waals surface area contributed by atoms with Crippen molar-refractivity contribution < 1.29 is 34.7 Å². The zero-order chi connectivity index (χ0) is 19.6. The molecule has 6 nitrogen and oxygen atoms in total. The number of ether oxygens (including phenoxy) is 1. The van der Waals surface area contributed by atoms with E-state index in [4.69, 9.17) is 0 Å². The number of rotatable bonds is 6. The molecule has 0 saturated carbocycles. The van der Waals surface area contributed by atoms with E-state index in [9.17, 15) is 30.0 Å². The third kappa shape index (κ3) is 4.88. The minimum absolute atomic E-state index is 0.00347. The summed E-state index contributed by atoms with van der Waals surface area (Å²) in [5.41, 5.74) is -0.0122. The Balaban J connectivity index is 2.33. The maximum atomic E-state index is 12.4. The number of alkyl halides is 3. The standard InChI is InChI=1S/C15H14F3NO5S2/c1-2-25(20,21)12-9-7-11(8-10-12)19-26(22,23)14-6-4-3-5-13(14)24-15(16,17)18/h3-10,19H,2H2,1H3. The number of sulfone groups is 1. The molecule has 2 aromatic carbocycles. The topological polar surface area (TPSA) is 89.5 Å². The highest BCUT2D eigenvalue weighted by Gasteiger charge is 2.34. The highest BCUT2D eigenvalue weighted by Crippen LogP contribution is 2.30. The summed E-state index contributed by atoms with van der Waals surface area (Å²) in [7, 11) is -7.85. The molecule has 0 amide bonds. The van der Waals surface area contributed by atoms with E-state index in [1.807, 2.05) is 0 Å². The molecule has 1 N–H and O–H groups in total. The monoisotopic (exact) mass is 409 g/mol. The lowest BCUT2D eigenvalue weighted by Gasteiger charge is -2.14. The van der Waals surface area contributed by atoms with Gasteiger partial charge in [-0.3, -0.25) is 4.72 Å². The Kier molecular flexibility index (Phi) is 5.52. The number of benzene rings is 2. The smallest absolute Gasteiger partial charge is 0.404 e. The third-order valence-corrected chi connectivity index (χ3v) is 6.38. The molecular weight excluding hydrogens is 395 g/mol. The zero-order valence-corrected chi connectivity index (χ0v) is 15.0. The predicted octanol–water partition coefficient (Wildman–Crippen LogP) is 3.18. The quantitative estimate of drug-likeness (QED) is 0.792. The minimum Gasteiger partial charge on any atom is -0.404 e. The third-order valence-electron chi connectivity index (χ3n) is 3.21. The molecule has 0 unspecified atom stereocenters. The first-order chi connectivity index (χ1) is 11.9. The van der Waals surface area contributed by atoms with Crippen LogP contribution in [0.5, 0.6) is 5.75 Å². The molecule has 0 aliphatic rings. The number of para-hydroxylation sites is 1. The Morgan fingerprint density at radius 3 is 2.08 bits per heavy atom. The van der Waals surface area contributed by atoms with Crippen molar-refractivity contribution in [2.75, 3.05) is 10.5 Å². The number of sulfonamides is 1. The molecule has 26 heavy (non-hydrogen) atoms. The van der Waals surface area contributed by atoms with Crippen molar-refractivity contribution in [3.05, 3.63) is 48.5 Å². The molecule has 0 aliphatic carbocycles. The van der Waals surface area contributed by atoms with E-state index in [0.29, 0.717) is 0 Å². The van der Waals surface area contributed by atoms with Crippen molar-refractivity contribution in [2.45, 2.75) is 23.1 Å². The predicted molar refractivity (Wildman–Crippen MR) is 88.1 cm³/mol. The van der Waals surface area contributed by atoms with Crippen LogP contribution in [0.4, 0.5) is 18.9 Å². The van der Waals surface area contributed by atoms with Crippen LogP contribution in [0, 0.1) is 0 Å². The lowest BCUT2D eigenvalue weighted by Crippen LogP contribution is -2.20. The van der Waals surface area contributed by atoms with Crippen LogP contribution in [0.15, 0.2) is 58.3 Å². The zero-order valence-electron chi connectivity index (χ0n) is 13.3. The van der Waals surface area contributed by atoms with E-state index < -0.39 is 36.9 Å². The van der Waals surface area contributed by atoms with Gasteiger partial charge in [0.05, 0.1) is 10.6 Å². The van der Waals surface area contributed by atoms with Gasteiger partial charge in [0, 0.05) is 5.69 Å². The summed E-state index contributed by atoms with van der Waals surface area (Å²) in [6.07, 6.45) is -5.05. The van der Waals surface area contributed by atoms with Crippen LogP contribution < -0.4 is 9.46 Å². The number of anilines is 1.